The molecule has 1 N–H and O–H groups in total. The van der Waals surface area contributed by atoms with Gasteiger partial charge in [0.15, 0.2) is 0 Å². The normalized spacial score (nSPS) is 12.2. The Hall–Kier alpha value is -0.560. The molecule has 1 aromatic rings. The first kappa shape index (κ1) is 12.9. The molecule has 1 heterocycles. The molecule has 1 aromatic carbocycles. The minimum atomic E-state index is -0.168. The van der Waals surface area contributed by atoms with Crippen LogP contribution in [0.3, 0.4) is 0 Å². The molecule has 0 unspecified atom stereocenters. The van der Waals surface area contributed by atoms with Crippen molar-refractivity contribution in [3.05, 3.63) is 16.1 Å². The quantitative estimate of drug-likeness (QED) is 0.828. The van der Waals surface area contributed by atoms with E-state index < -0.39 is 0 Å². The summed E-state index contributed by atoms with van der Waals surface area (Å²) >= 11 is 17.0. The number of fused-ring (bicyclic) bond motifs is 1. The zero-order valence-corrected chi connectivity index (χ0v) is 11.6. The van der Waals surface area contributed by atoms with Crippen LogP contribution >= 0.6 is 35.8 Å². The second-order valence-corrected chi connectivity index (χ2v) is 4.99. The fourth-order valence-corrected chi connectivity index (χ4v) is 2.66. The monoisotopic (exact) mass is 307 g/mol. The van der Waals surface area contributed by atoms with E-state index in [9.17, 15) is 4.79 Å². The lowest BCUT2D eigenvalue weighted by Gasteiger charge is -2.10. The van der Waals surface area contributed by atoms with Gasteiger partial charge in [0, 0.05) is 6.42 Å². The second-order valence-electron chi connectivity index (χ2n) is 3.20. The van der Waals surface area contributed by atoms with Crippen LogP contribution in [0.15, 0.2) is 14.8 Å². The lowest BCUT2D eigenvalue weighted by atomic mass is 10.2. The third-order valence-electron chi connectivity index (χ3n) is 2.05. The maximum Gasteiger partial charge on any atom is 0.225 e. The lowest BCUT2D eigenvalue weighted by Crippen LogP contribution is -2.12. The van der Waals surface area contributed by atoms with Gasteiger partial charge in [-0.1, -0.05) is 23.2 Å². The van der Waals surface area contributed by atoms with E-state index in [2.05, 4.69) is 26.7 Å². The molecule has 17 heavy (non-hydrogen) atoms. The Labute approximate surface area is 117 Å². The minimum Gasteiger partial charge on any atom is -0.323 e. The van der Waals surface area contributed by atoms with Crippen molar-refractivity contribution in [2.24, 2.45) is 8.73 Å². The van der Waals surface area contributed by atoms with Gasteiger partial charge in [-0.05, 0) is 11.8 Å². The summed E-state index contributed by atoms with van der Waals surface area (Å²) in [6, 6.07) is 1.54. The number of hydrogen-bond acceptors (Lipinski definition) is 4. The molecule has 0 fully saturated rings. The van der Waals surface area contributed by atoms with E-state index in [4.69, 9.17) is 23.2 Å². The summed E-state index contributed by atoms with van der Waals surface area (Å²) in [5.41, 5.74) is 1.51. The Morgan fingerprint density at radius 1 is 1.35 bits per heavy atom. The fraction of sp³-hybridized carbons (Fsp3) is 0.222. The first-order valence-corrected chi connectivity index (χ1v) is 6.76. The number of carbonyl (C=O) groups excluding carboxylic acids is 1. The topological polar surface area (TPSA) is 53.8 Å². The van der Waals surface area contributed by atoms with Crippen LogP contribution < -0.4 is 5.32 Å². The van der Waals surface area contributed by atoms with E-state index in [-0.39, 0.29) is 5.91 Å². The number of amides is 1. The molecule has 4 nitrogen and oxygen atoms in total. The molecular weight excluding hydrogens is 301 g/mol. The molecule has 90 valence electrons. The van der Waals surface area contributed by atoms with Crippen molar-refractivity contribution < 1.29 is 4.79 Å². The Morgan fingerprint density at radius 3 is 2.76 bits per heavy atom. The predicted molar refractivity (Wildman–Crippen MR) is 75.1 cm³/mol. The Balaban J connectivity index is 2.39. The first-order valence-electron chi connectivity index (χ1n) is 4.64. The van der Waals surface area contributed by atoms with Gasteiger partial charge in [-0.25, -0.2) is 0 Å². The zero-order chi connectivity index (χ0) is 12.4. The van der Waals surface area contributed by atoms with Gasteiger partial charge in [-0.2, -0.15) is 21.4 Å². The first-order chi connectivity index (χ1) is 8.13. The summed E-state index contributed by atoms with van der Waals surface area (Å²) in [5, 5.41) is 3.47. The van der Waals surface area contributed by atoms with Crippen molar-refractivity contribution in [2.75, 3.05) is 11.1 Å². The van der Waals surface area contributed by atoms with Gasteiger partial charge in [0.05, 0.1) is 27.1 Å². The van der Waals surface area contributed by atoms with Crippen LogP contribution in [0.2, 0.25) is 10.0 Å². The molecule has 0 aromatic heterocycles. The summed E-state index contributed by atoms with van der Waals surface area (Å²) in [6.45, 7) is 0. The van der Waals surface area contributed by atoms with Crippen LogP contribution in [0.1, 0.15) is 6.42 Å². The molecule has 0 spiro atoms. The molecule has 2 rings (SSSR count). The number of benzene rings is 1. The van der Waals surface area contributed by atoms with Crippen LogP contribution in [0.25, 0.3) is 0 Å². The number of anilines is 1. The van der Waals surface area contributed by atoms with Gasteiger partial charge >= 0.3 is 0 Å². The molecule has 1 aliphatic rings. The molecule has 0 saturated heterocycles. The van der Waals surface area contributed by atoms with E-state index in [1.54, 1.807) is 6.07 Å². The molecule has 0 atom stereocenters. The lowest BCUT2D eigenvalue weighted by molar-refractivity contribution is -0.115. The molecule has 1 amide bonds. The molecule has 0 saturated carbocycles. The largest absolute Gasteiger partial charge is 0.323 e. The van der Waals surface area contributed by atoms with Crippen LogP contribution in [-0.4, -0.2) is 11.7 Å². The van der Waals surface area contributed by atoms with Gasteiger partial charge in [-0.3, -0.25) is 4.79 Å². The summed E-state index contributed by atoms with van der Waals surface area (Å²) < 4.78 is 8.13. The Kier molecular flexibility index (Phi) is 4.09. The molecular formula is C9H7Cl2N3OS2. The van der Waals surface area contributed by atoms with Crippen molar-refractivity contribution in [2.45, 2.75) is 6.42 Å². The molecule has 0 radical (unpaired) electrons. The van der Waals surface area contributed by atoms with Crippen LogP contribution in [0, 0.1) is 0 Å². The Bertz CT molecular complexity index is 556. The van der Waals surface area contributed by atoms with Crippen molar-refractivity contribution in [3.63, 3.8) is 0 Å². The van der Waals surface area contributed by atoms with Crippen molar-refractivity contribution in [1.82, 2.24) is 0 Å². The highest BCUT2D eigenvalue weighted by molar-refractivity contribution is 7.80. The highest BCUT2D eigenvalue weighted by Crippen LogP contribution is 2.47. The zero-order valence-electron chi connectivity index (χ0n) is 8.41. The number of halogens is 2. The number of rotatable bonds is 3. The number of hydrogen-bond donors (Lipinski definition) is 2. The maximum atomic E-state index is 11.5. The number of nitrogens with zero attached hydrogens (tertiary/aromatic N) is 2. The summed E-state index contributed by atoms with van der Waals surface area (Å²) in [4.78, 5) is 11.5. The molecule has 1 aliphatic heterocycles. The SMILES string of the molecule is O=C(CCS)Nc1c(Cl)cc(Cl)c2c1N=S=N2. The third kappa shape index (κ3) is 2.65. The van der Waals surface area contributed by atoms with Crippen molar-refractivity contribution in [3.8, 4) is 0 Å². The molecule has 8 heteroatoms. The standard InChI is InChI=1S/C9H7Cl2N3OS2/c10-4-3-5(11)8-9(14-17-13-8)7(4)12-6(15)1-2-16/h3,16H,1-2H2,(H,12,15). The highest BCUT2D eigenvalue weighted by atomic mass is 35.5. The van der Waals surface area contributed by atoms with Gasteiger partial charge in [0.1, 0.15) is 11.4 Å². The second kappa shape index (κ2) is 5.39. The average molecular weight is 308 g/mol. The van der Waals surface area contributed by atoms with Gasteiger partial charge < -0.3 is 5.32 Å². The van der Waals surface area contributed by atoms with Crippen LogP contribution in [0.4, 0.5) is 17.1 Å². The summed E-state index contributed by atoms with van der Waals surface area (Å²) in [6.07, 6.45) is 0.307. The summed E-state index contributed by atoms with van der Waals surface area (Å²) in [7, 11) is 0. The number of thiol groups is 1. The summed E-state index contributed by atoms with van der Waals surface area (Å²) in [5.74, 6) is 0.300. The number of nitrogens with one attached hydrogen (secondary N) is 1. The molecule has 0 aliphatic carbocycles. The minimum absolute atomic E-state index is 0.168. The van der Waals surface area contributed by atoms with Crippen LogP contribution in [0.5, 0.6) is 0 Å². The van der Waals surface area contributed by atoms with Crippen molar-refractivity contribution in [1.29, 1.82) is 0 Å². The smallest absolute Gasteiger partial charge is 0.225 e. The van der Waals surface area contributed by atoms with E-state index in [0.717, 1.165) is 11.4 Å². The predicted octanol–water partition coefficient (Wildman–Crippen LogP) is 3.98. The number of carbonyl (C=O) groups is 1. The Morgan fingerprint density at radius 2 is 2.06 bits per heavy atom. The van der Waals surface area contributed by atoms with Gasteiger partial charge in [0.25, 0.3) is 0 Å². The highest BCUT2D eigenvalue weighted by Gasteiger charge is 2.19. The average Bonchev–Trinajstić information content (AvgIpc) is 2.73. The van der Waals surface area contributed by atoms with E-state index in [1.165, 1.54) is 0 Å². The van der Waals surface area contributed by atoms with E-state index in [1.807, 2.05) is 0 Å². The fourth-order valence-electron chi connectivity index (χ4n) is 1.30. The van der Waals surface area contributed by atoms with Crippen molar-refractivity contribution >= 4 is 70.2 Å². The van der Waals surface area contributed by atoms with Gasteiger partial charge in [0.2, 0.25) is 5.91 Å². The maximum absolute atomic E-state index is 11.5. The van der Waals surface area contributed by atoms with Crippen LogP contribution in [-0.2, 0) is 16.1 Å². The molecule has 0 bridgehead atoms. The van der Waals surface area contributed by atoms with E-state index >= 15 is 0 Å². The van der Waals surface area contributed by atoms with E-state index in [0.29, 0.717) is 39.3 Å². The third-order valence-corrected chi connectivity index (χ3v) is 3.39. The van der Waals surface area contributed by atoms with Gasteiger partial charge in [-0.15, -0.1) is 0 Å².